The number of hydrogen-bond acceptors (Lipinski definition) is 4. The zero-order valence-corrected chi connectivity index (χ0v) is 12.3. The first kappa shape index (κ1) is 7.82. The van der Waals surface area contributed by atoms with Crippen molar-refractivity contribution in [3.63, 3.8) is 0 Å². The first-order valence-electron chi connectivity index (χ1n) is 11.2. The number of carbonyl (C=O) groups excluding carboxylic acids is 1. The molecule has 1 saturated carbocycles. The average molecular weight is 306 g/mol. The van der Waals surface area contributed by atoms with Crippen LogP contribution in [0.4, 0.5) is 0 Å². The number of nitrogens with zero attached hydrogens (tertiary/aromatic N) is 1. The lowest BCUT2D eigenvalue weighted by molar-refractivity contribution is -0.138. The molecule has 1 spiro atoms. The Bertz CT molecular complexity index is 966. The van der Waals surface area contributed by atoms with E-state index < -0.39 is 42.0 Å². The van der Waals surface area contributed by atoms with Gasteiger partial charge in [-0.05, 0) is 50.4 Å². The van der Waals surface area contributed by atoms with Crippen LogP contribution in [0.1, 0.15) is 40.0 Å². The zero-order chi connectivity index (χ0) is 21.1. The van der Waals surface area contributed by atoms with Crippen molar-refractivity contribution in [2.45, 2.75) is 43.2 Å². The standard InChI is InChI=1S/C18H21NO3/c1-19-8-7-18-11-4-5-13(20)17(18)22-16-14(21-2)6-3-10(15(16)18)9-12(11)19/h3,6,11-12,17H,4-5,7-9H2,1-2H3/t11-,12+,17?,18-/m0/s1/i2D3,3D,6D,11D,17D. The Kier molecular flexibility index (Phi) is 1.44. The van der Waals surface area contributed by atoms with Crippen molar-refractivity contribution in [1.29, 1.82) is 0 Å². The summed E-state index contributed by atoms with van der Waals surface area (Å²) in [5.41, 5.74) is -0.475. The molecule has 2 heterocycles. The minimum atomic E-state index is -2.89. The van der Waals surface area contributed by atoms with Gasteiger partial charge in [-0.15, -0.1) is 0 Å². The number of likely N-dealkylation sites (N-methyl/N-ethyl adjacent to an activating group) is 1. The van der Waals surface area contributed by atoms with Crippen molar-refractivity contribution in [3.8, 4) is 11.5 Å². The van der Waals surface area contributed by atoms with Crippen LogP contribution in [0.15, 0.2) is 12.1 Å². The van der Waals surface area contributed by atoms with E-state index in [2.05, 4.69) is 0 Å². The molecule has 0 N–H and O–H groups in total. The monoisotopic (exact) mass is 306 g/mol. The summed E-state index contributed by atoms with van der Waals surface area (Å²) in [4.78, 5) is 15.0. The van der Waals surface area contributed by atoms with Crippen LogP contribution in [0, 0.1) is 5.89 Å². The topological polar surface area (TPSA) is 38.8 Å². The lowest BCUT2D eigenvalue weighted by atomic mass is 9.52. The molecule has 4 nitrogen and oxygen atoms in total. The Morgan fingerprint density at radius 1 is 1.59 bits per heavy atom. The number of Topliss-reactive ketones (excluding diaryl/α,β-unsaturated/α-hetero) is 1. The highest BCUT2D eigenvalue weighted by atomic mass is 16.5. The SMILES string of the molecule is [2H]c1c([2H])c(OC([2H])([2H])[2H])c2c3c1C[C@H]1N(C)CC[C@@]34C([2H])(O2)C(=O)CC[C@@]14[2H]. The molecule has 2 bridgehead atoms. The molecule has 4 aliphatic rings. The van der Waals surface area contributed by atoms with Gasteiger partial charge in [-0.2, -0.15) is 0 Å². The fraction of sp³-hybridized carbons (Fsp3) is 0.611. The molecule has 2 aliphatic carbocycles. The largest absolute Gasteiger partial charge is 0.493 e. The van der Waals surface area contributed by atoms with Crippen LogP contribution in [0.2, 0.25) is 0 Å². The lowest BCUT2D eigenvalue weighted by Gasteiger charge is -2.57. The van der Waals surface area contributed by atoms with Crippen LogP contribution in [-0.4, -0.2) is 43.4 Å². The summed E-state index contributed by atoms with van der Waals surface area (Å²) in [6.07, 6.45) is -1.16. The second-order valence-corrected chi connectivity index (χ2v) is 6.60. The van der Waals surface area contributed by atoms with Crippen molar-refractivity contribution in [2.24, 2.45) is 5.89 Å². The van der Waals surface area contributed by atoms with E-state index in [9.17, 15) is 6.17 Å². The van der Waals surface area contributed by atoms with E-state index in [0.717, 1.165) is 0 Å². The molecule has 116 valence electrons. The summed E-state index contributed by atoms with van der Waals surface area (Å²) < 4.78 is 68.7. The van der Waals surface area contributed by atoms with Crippen LogP contribution in [0.3, 0.4) is 0 Å². The molecule has 1 unspecified atom stereocenters. The van der Waals surface area contributed by atoms with Gasteiger partial charge in [0.2, 0.25) is 0 Å². The fourth-order valence-corrected chi connectivity index (χ4v) is 4.84. The molecule has 5 rings (SSSR count). The van der Waals surface area contributed by atoms with Crippen LogP contribution >= 0.6 is 0 Å². The van der Waals surface area contributed by atoms with Gasteiger partial charge in [0.15, 0.2) is 23.4 Å². The molecule has 2 aliphatic heterocycles. The highest BCUT2D eigenvalue weighted by Gasteiger charge is 2.65. The summed E-state index contributed by atoms with van der Waals surface area (Å²) in [6.45, 7) is 0.548. The Labute approximate surface area is 140 Å². The lowest BCUT2D eigenvalue weighted by Crippen LogP contribution is -2.65. The summed E-state index contributed by atoms with van der Waals surface area (Å²) in [5.74, 6) is -2.19. The minimum Gasteiger partial charge on any atom is -0.493 e. The fourth-order valence-electron chi connectivity index (χ4n) is 4.84. The van der Waals surface area contributed by atoms with Crippen LogP contribution in [0.25, 0.3) is 0 Å². The average Bonchev–Trinajstić information content (AvgIpc) is 2.89. The molecule has 4 heteroatoms. The Hall–Kier alpha value is -1.55. The molecular formula is C18H21NO3. The molecule has 0 amide bonds. The van der Waals surface area contributed by atoms with Gasteiger partial charge in [0.05, 0.1) is 15.3 Å². The van der Waals surface area contributed by atoms with Crippen LogP contribution < -0.4 is 9.47 Å². The number of benzene rings is 1. The second kappa shape index (κ2) is 4.05. The van der Waals surface area contributed by atoms with E-state index in [0.29, 0.717) is 30.5 Å². The highest BCUT2D eigenvalue weighted by molar-refractivity contribution is 5.89. The van der Waals surface area contributed by atoms with Crippen molar-refractivity contribution in [1.82, 2.24) is 4.90 Å². The predicted molar refractivity (Wildman–Crippen MR) is 81.6 cm³/mol. The van der Waals surface area contributed by atoms with Gasteiger partial charge in [0, 0.05) is 24.8 Å². The number of methoxy groups -OCH3 is 1. The van der Waals surface area contributed by atoms with Gasteiger partial charge in [0.1, 0.15) is 0 Å². The van der Waals surface area contributed by atoms with Crippen LogP contribution in [0.5, 0.6) is 11.5 Å². The van der Waals surface area contributed by atoms with E-state index in [4.69, 9.17) is 17.7 Å². The summed E-state index contributed by atoms with van der Waals surface area (Å²) in [7, 11) is -0.988. The first-order valence-corrected chi connectivity index (χ1v) is 7.65. The molecule has 22 heavy (non-hydrogen) atoms. The van der Waals surface area contributed by atoms with E-state index in [-0.39, 0.29) is 30.7 Å². The van der Waals surface area contributed by atoms with Gasteiger partial charge in [-0.1, -0.05) is 6.04 Å². The molecule has 2 fully saturated rings. The van der Waals surface area contributed by atoms with Crippen molar-refractivity contribution in [2.75, 3.05) is 20.6 Å². The predicted octanol–water partition coefficient (Wildman–Crippen LogP) is 1.93. The van der Waals surface area contributed by atoms with Gasteiger partial charge in [-0.25, -0.2) is 0 Å². The molecule has 1 aromatic carbocycles. The smallest absolute Gasteiger partial charge is 0.174 e. The summed E-state index contributed by atoms with van der Waals surface area (Å²) >= 11 is 0. The van der Waals surface area contributed by atoms with Crippen molar-refractivity contribution < 1.29 is 23.9 Å². The van der Waals surface area contributed by atoms with E-state index in [1.807, 2.05) is 11.9 Å². The third kappa shape index (κ3) is 1.27. The third-order valence-corrected chi connectivity index (χ3v) is 5.78. The molecule has 0 aromatic heterocycles. The summed E-state index contributed by atoms with van der Waals surface area (Å²) in [6, 6.07) is -0.941. The van der Waals surface area contributed by atoms with E-state index in [1.165, 1.54) is 0 Å². The molecule has 4 atom stereocenters. The van der Waals surface area contributed by atoms with Gasteiger partial charge < -0.3 is 14.4 Å². The van der Waals surface area contributed by atoms with Gasteiger partial charge >= 0.3 is 0 Å². The zero-order valence-electron chi connectivity index (χ0n) is 19.3. The molecular weight excluding hydrogens is 278 g/mol. The number of hydrogen-bond donors (Lipinski definition) is 0. The number of likely N-dealkylation sites (tertiary alicyclic amines) is 1. The van der Waals surface area contributed by atoms with E-state index >= 15 is 0 Å². The number of carbonyl (C=O) groups is 1. The number of piperidine rings is 1. The van der Waals surface area contributed by atoms with Gasteiger partial charge in [0.25, 0.3) is 0 Å². The molecule has 0 radical (unpaired) electrons. The Morgan fingerprint density at radius 2 is 2.50 bits per heavy atom. The Balaban J connectivity index is 1.89. The summed E-state index contributed by atoms with van der Waals surface area (Å²) in [5, 5.41) is 0. The van der Waals surface area contributed by atoms with Crippen molar-refractivity contribution >= 4 is 5.78 Å². The second-order valence-electron chi connectivity index (χ2n) is 6.60. The molecule has 1 aromatic rings. The maximum absolute atomic E-state index is 13.0. The normalized spacial score (nSPS) is 50.3. The van der Waals surface area contributed by atoms with Gasteiger partial charge in [-0.3, -0.25) is 4.79 Å². The maximum Gasteiger partial charge on any atom is 0.174 e. The quantitative estimate of drug-likeness (QED) is 0.795. The third-order valence-electron chi connectivity index (χ3n) is 5.78. The van der Waals surface area contributed by atoms with E-state index in [1.54, 1.807) is 0 Å². The Morgan fingerprint density at radius 3 is 3.36 bits per heavy atom. The van der Waals surface area contributed by atoms with Crippen molar-refractivity contribution in [3.05, 3.63) is 23.2 Å². The minimum absolute atomic E-state index is 0.0271. The first-order chi connectivity index (χ1) is 13.4. The molecule has 1 saturated heterocycles. The number of ether oxygens (including phenoxy) is 2. The highest BCUT2D eigenvalue weighted by Crippen LogP contribution is 2.62. The van der Waals surface area contributed by atoms with Crippen LogP contribution in [-0.2, 0) is 16.6 Å². The maximum atomic E-state index is 13.0. The number of ketones is 1. The number of rotatable bonds is 1.